The standard InChI is InChI=1S/C8H10NO/c1-6-4-5-8(10-3)9-7(6)2/h4H,1-3H3. The Labute approximate surface area is 60.9 Å². The molecule has 0 unspecified atom stereocenters. The molecule has 2 nitrogen and oxygen atoms in total. The second-order valence-corrected chi connectivity index (χ2v) is 2.18. The minimum atomic E-state index is 0.558. The number of hydrogen-bond acceptors (Lipinski definition) is 2. The Bertz CT molecular complexity index is 233. The lowest BCUT2D eigenvalue weighted by Gasteiger charge is -2.00. The zero-order valence-electron chi connectivity index (χ0n) is 6.43. The van der Waals surface area contributed by atoms with Crippen molar-refractivity contribution >= 4 is 0 Å². The summed E-state index contributed by atoms with van der Waals surface area (Å²) in [4.78, 5) is 4.11. The molecule has 2 heteroatoms. The molecule has 10 heavy (non-hydrogen) atoms. The molecule has 53 valence electrons. The summed E-state index contributed by atoms with van der Waals surface area (Å²) < 4.78 is 4.88. The Kier molecular flexibility index (Phi) is 1.90. The van der Waals surface area contributed by atoms with Crippen LogP contribution in [0, 0.1) is 19.9 Å². The number of hydrogen-bond donors (Lipinski definition) is 0. The minimum absolute atomic E-state index is 0.558. The Morgan fingerprint density at radius 3 is 2.70 bits per heavy atom. The number of pyridine rings is 1. The molecule has 0 aliphatic rings. The molecule has 0 bridgehead atoms. The highest BCUT2D eigenvalue weighted by molar-refractivity contribution is 5.21. The summed E-state index contributed by atoms with van der Waals surface area (Å²) in [6.45, 7) is 3.95. The van der Waals surface area contributed by atoms with Crippen molar-refractivity contribution in [3.63, 3.8) is 0 Å². The van der Waals surface area contributed by atoms with Gasteiger partial charge in [-0.25, -0.2) is 4.98 Å². The maximum atomic E-state index is 4.88. The maximum Gasteiger partial charge on any atom is 0.221 e. The molecular weight excluding hydrogens is 126 g/mol. The summed E-state index contributed by atoms with van der Waals surface area (Å²) in [5, 5.41) is 0. The van der Waals surface area contributed by atoms with Gasteiger partial charge in [-0.1, -0.05) is 0 Å². The van der Waals surface area contributed by atoms with E-state index in [1.165, 1.54) is 0 Å². The lowest BCUT2D eigenvalue weighted by Crippen LogP contribution is -1.91. The van der Waals surface area contributed by atoms with E-state index in [1.807, 2.05) is 19.9 Å². The SMILES string of the molecule is COc1[c]cc(C)c(C)n1. The first-order valence-corrected chi connectivity index (χ1v) is 3.14. The summed E-state index contributed by atoms with van der Waals surface area (Å²) in [5.74, 6) is 0.558. The number of aromatic nitrogens is 1. The number of ether oxygens (including phenoxy) is 1. The fourth-order valence-electron chi connectivity index (χ4n) is 0.652. The zero-order chi connectivity index (χ0) is 7.56. The quantitative estimate of drug-likeness (QED) is 0.583. The number of rotatable bonds is 1. The summed E-state index contributed by atoms with van der Waals surface area (Å²) in [6, 6.07) is 4.77. The normalized spacial score (nSPS) is 9.50. The summed E-state index contributed by atoms with van der Waals surface area (Å²) >= 11 is 0. The van der Waals surface area contributed by atoms with Gasteiger partial charge in [-0.15, -0.1) is 0 Å². The highest BCUT2D eigenvalue weighted by atomic mass is 16.5. The first-order chi connectivity index (χ1) is 4.74. The van der Waals surface area contributed by atoms with E-state index in [1.54, 1.807) is 7.11 Å². The Morgan fingerprint density at radius 2 is 2.20 bits per heavy atom. The molecule has 0 aromatic carbocycles. The lowest BCUT2D eigenvalue weighted by molar-refractivity contribution is 0.395. The fourth-order valence-corrected chi connectivity index (χ4v) is 0.652. The van der Waals surface area contributed by atoms with Crippen LogP contribution in [0.1, 0.15) is 11.3 Å². The van der Waals surface area contributed by atoms with Crippen molar-refractivity contribution in [2.45, 2.75) is 13.8 Å². The number of nitrogens with zero attached hydrogens (tertiary/aromatic N) is 1. The molecule has 0 aliphatic carbocycles. The second-order valence-electron chi connectivity index (χ2n) is 2.18. The molecule has 1 heterocycles. The van der Waals surface area contributed by atoms with Gasteiger partial charge >= 0.3 is 0 Å². The molecule has 1 rings (SSSR count). The molecule has 0 saturated heterocycles. The lowest BCUT2D eigenvalue weighted by atomic mass is 10.2. The van der Waals surface area contributed by atoms with Gasteiger partial charge in [0.05, 0.1) is 7.11 Å². The largest absolute Gasteiger partial charge is 0.481 e. The first kappa shape index (κ1) is 7.06. The Balaban J connectivity index is 3.04. The van der Waals surface area contributed by atoms with Crippen molar-refractivity contribution < 1.29 is 4.74 Å². The third-order valence-corrected chi connectivity index (χ3v) is 1.45. The van der Waals surface area contributed by atoms with E-state index in [4.69, 9.17) is 4.74 Å². The first-order valence-electron chi connectivity index (χ1n) is 3.14. The topological polar surface area (TPSA) is 22.1 Å². The van der Waals surface area contributed by atoms with E-state index in [2.05, 4.69) is 11.1 Å². The zero-order valence-corrected chi connectivity index (χ0v) is 6.43. The van der Waals surface area contributed by atoms with Gasteiger partial charge in [0.25, 0.3) is 0 Å². The molecule has 0 N–H and O–H groups in total. The van der Waals surface area contributed by atoms with Gasteiger partial charge in [-0.2, -0.15) is 0 Å². The maximum absolute atomic E-state index is 4.88. The molecule has 1 aromatic rings. The smallest absolute Gasteiger partial charge is 0.221 e. The van der Waals surface area contributed by atoms with Crippen LogP contribution in [0.5, 0.6) is 5.88 Å². The molecule has 0 atom stereocenters. The van der Waals surface area contributed by atoms with E-state index in [9.17, 15) is 0 Å². The minimum Gasteiger partial charge on any atom is -0.481 e. The molecule has 1 radical (unpaired) electrons. The summed E-state index contributed by atoms with van der Waals surface area (Å²) in [5.41, 5.74) is 2.14. The Hall–Kier alpha value is -1.05. The van der Waals surface area contributed by atoms with Crippen molar-refractivity contribution in [1.82, 2.24) is 4.98 Å². The van der Waals surface area contributed by atoms with Gasteiger partial charge in [0.2, 0.25) is 5.88 Å². The van der Waals surface area contributed by atoms with E-state index < -0.39 is 0 Å². The molecule has 0 aliphatic heterocycles. The van der Waals surface area contributed by atoms with Crippen LogP contribution in [-0.2, 0) is 0 Å². The molecule has 0 saturated carbocycles. The van der Waals surface area contributed by atoms with Gasteiger partial charge in [0, 0.05) is 11.8 Å². The molecule has 0 fully saturated rings. The fraction of sp³-hybridized carbons (Fsp3) is 0.375. The van der Waals surface area contributed by atoms with Gasteiger partial charge in [-0.3, -0.25) is 0 Å². The monoisotopic (exact) mass is 136 g/mol. The van der Waals surface area contributed by atoms with Crippen molar-refractivity contribution in [2.24, 2.45) is 0 Å². The molecule has 0 amide bonds. The van der Waals surface area contributed by atoms with Crippen molar-refractivity contribution in [1.29, 1.82) is 0 Å². The van der Waals surface area contributed by atoms with Gasteiger partial charge in [-0.05, 0) is 25.5 Å². The second kappa shape index (κ2) is 2.69. The summed E-state index contributed by atoms with van der Waals surface area (Å²) in [7, 11) is 1.59. The highest BCUT2D eigenvalue weighted by Crippen LogP contribution is 2.08. The van der Waals surface area contributed by atoms with Gasteiger partial charge < -0.3 is 4.74 Å². The molecular formula is C8H10NO. The van der Waals surface area contributed by atoms with E-state index in [0.717, 1.165) is 11.3 Å². The van der Waals surface area contributed by atoms with Crippen LogP contribution in [0.4, 0.5) is 0 Å². The van der Waals surface area contributed by atoms with E-state index in [-0.39, 0.29) is 0 Å². The van der Waals surface area contributed by atoms with Crippen LogP contribution in [0.2, 0.25) is 0 Å². The Morgan fingerprint density at radius 1 is 1.50 bits per heavy atom. The van der Waals surface area contributed by atoms with E-state index in [0.29, 0.717) is 5.88 Å². The van der Waals surface area contributed by atoms with Gasteiger partial charge in [0.1, 0.15) is 0 Å². The van der Waals surface area contributed by atoms with Crippen LogP contribution in [0.3, 0.4) is 0 Å². The highest BCUT2D eigenvalue weighted by Gasteiger charge is 1.95. The average molecular weight is 136 g/mol. The van der Waals surface area contributed by atoms with Crippen LogP contribution in [-0.4, -0.2) is 12.1 Å². The van der Waals surface area contributed by atoms with Gasteiger partial charge in [0.15, 0.2) is 0 Å². The van der Waals surface area contributed by atoms with Crippen molar-refractivity contribution in [3.8, 4) is 5.88 Å². The number of aryl methyl sites for hydroxylation is 2. The van der Waals surface area contributed by atoms with Crippen LogP contribution in [0.15, 0.2) is 6.07 Å². The summed E-state index contributed by atoms with van der Waals surface area (Å²) in [6.07, 6.45) is 0. The molecule has 1 aromatic heterocycles. The average Bonchev–Trinajstić information content (AvgIpc) is 1.95. The van der Waals surface area contributed by atoms with Crippen molar-refractivity contribution in [3.05, 3.63) is 23.4 Å². The van der Waals surface area contributed by atoms with Crippen LogP contribution >= 0.6 is 0 Å². The van der Waals surface area contributed by atoms with Crippen LogP contribution < -0.4 is 4.74 Å². The van der Waals surface area contributed by atoms with E-state index >= 15 is 0 Å². The predicted octanol–water partition coefficient (Wildman–Crippen LogP) is 1.51. The van der Waals surface area contributed by atoms with Crippen LogP contribution in [0.25, 0.3) is 0 Å². The van der Waals surface area contributed by atoms with Crippen molar-refractivity contribution in [2.75, 3.05) is 7.11 Å². The number of methoxy groups -OCH3 is 1. The third kappa shape index (κ3) is 1.26. The predicted molar refractivity (Wildman–Crippen MR) is 39.1 cm³/mol. The molecule has 0 spiro atoms. The third-order valence-electron chi connectivity index (χ3n) is 1.45.